The van der Waals surface area contributed by atoms with Crippen LogP contribution in [0.1, 0.15) is 61.3 Å². The minimum atomic E-state index is 0.714. The van der Waals surface area contributed by atoms with Crippen LogP contribution in [0.3, 0.4) is 0 Å². The molecule has 0 radical (unpaired) electrons. The first kappa shape index (κ1) is 13.4. The Balaban J connectivity index is 1.84. The van der Waals surface area contributed by atoms with Gasteiger partial charge in [-0.05, 0) is 25.0 Å². The van der Waals surface area contributed by atoms with E-state index >= 15 is 0 Å². The van der Waals surface area contributed by atoms with Crippen molar-refractivity contribution in [3.63, 3.8) is 0 Å². The molecule has 0 amide bonds. The van der Waals surface area contributed by atoms with Gasteiger partial charge in [-0.2, -0.15) is 11.8 Å². The summed E-state index contributed by atoms with van der Waals surface area (Å²) in [7, 11) is 0. The van der Waals surface area contributed by atoms with Gasteiger partial charge in [0.05, 0.1) is 17.1 Å². The van der Waals surface area contributed by atoms with Crippen LogP contribution < -0.4 is 5.32 Å². The molecule has 1 aromatic rings. The molecule has 0 saturated heterocycles. The molecular weight excluding hydrogens is 254 g/mol. The highest BCUT2D eigenvalue weighted by Crippen LogP contribution is 2.38. The smallest absolute Gasteiger partial charge is 0.138 e. The molecule has 4 heteroatoms. The molecule has 0 aromatic carbocycles. The summed E-state index contributed by atoms with van der Waals surface area (Å²) in [5.74, 6) is 3.97. The van der Waals surface area contributed by atoms with Gasteiger partial charge in [0.25, 0.3) is 0 Å². The Morgan fingerprint density at radius 2 is 2.21 bits per heavy atom. The van der Waals surface area contributed by atoms with Crippen molar-refractivity contribution < 1.29 is 0 Å². The summed E-state index contributed by atoms with van der Waals surface area (Å²) in [5.41, 5.74) is 4.11. The first-order chi connectivity index (χ1) is 9.38. The molecule has 19 heavy (non-hydrogen) atoms. The summed E-state index contributed by atoms with van der Waals surface area (Å²) < 4.78 is 0. The third kappa shape index (κ3) is 2.95. The molecule has 104 valence electrons. The van der Waals surface area contributed by atoms with Gasteiger partial charge in [0, 0.05) is 31.0 Å². The van der Waals surface area contributed by atoms with E-state index in [0.29, 0.717) is 5.92 Å². The lowest BCUT2D eigenvalue weighted by atomic mass is 9.80. The number of rotatable bonds is 5. The van der Waals surface area contributed by atoms with Crippen LogP contribution in [0.15, 0.2) is 0 Å². The summed E-state index contributed by atoms with van der Waals surface area (Å²) in [6.45, 7) is 4.27. The Labute approximate surface area is 120 Å². The maximum atomic E-state index is 4.91. The zero-order valence-electron chi connectivity index (χ0n) is 11.7. The highest BCUT2D eigenvalue weighted by molar-refractivity contribution is 7.98. The summed E-state index contributed by atoms with van der Waals surface area (Å²) in [4.78, 5) is 9.72. The van der Waals surface area contributed by atoms with E-state index < -0.39 is 0 Å². The van der Waals surface area contributed by atoms with Crippen molar-refractivity contribution in [1.82, 2.24) is 15.3 Å². The van der Waals surface area contributed by atoms with E-state index in [0.717, 1.165) is 31.1 Å². The van der Waals surface area contributed by atoms with Crippen LogP contribution in [-0.2, 0) is 18.7 Å². The van der Waals surface area contributed by atoms with E-state index in [9.17, 15) is 0 Å². The maximum Gasteiger partial charge on any atom is 0.138 e. The average molecular weight is 277 g/mol. The van der Waals surface area contributed by atoms with Crippen molar-refractivity contribution in [3.8, 4) is 0 Å². The fourth-order valence-corrected chi connectivity index (χ4v) is 3.56. The molecular formula is C15H23N3S. The van der Waals surface area contributed by atoms with Crippen molar-refractivity contribution >= 4 is 11.8 Å². The lowest BCUT2D eigenvalue weighted by Gasteiger charge is -2.29. The predicted octanol–water partition coefficient (Wildman–Crippen LogP) is 3.03. The minimum Gasteiger partial charge on any atom is -0.312 e. The molecule has 1 aromatic heterocycles. The SMILES string of the molecule is CCCSCc1nc2c(c(C3CCC3)n1)CNCC2. The molecule has 1 fully saturated rings. The second kappa shape index (κ2) is 6.23. The number of thioether (sulfide) groups is 1. The predicted molar refractivity (Wildman–Crippen MR) is 80.5 cm³/mol. The van der Waals surface area contributed by atoms with Gasteiger partial charge in [-0.3, -0.25) is 0 Å². The Morgan fingerprint density at radius 1 is 1.32 bits per heavy atom. The molecule has 0 spiro atoms. The second-order valence-electron chi connectivity index (χ2n) is 5.56. The fraction of sp³-hybridized carbons (Fsp3) is 0.733. The average Bonchev–Trinajstić information content (AvgIpc) is 2.37. The van der Waals surface area contributed by atoms with Crippen LogP contribution in [0.4, 0.5) is 0 Å². The molecule has 2 heterocycles. The standard InChI is InChI=1S/C15H23N3S/c1-2-8-19-10-14-17-13-6-7-16-9-12(13)15(18-14)11-4-3-5-11/h11,16H,2-10H2,1H3. The minimum absolute atomic E-state index is 0.714. The molecule has 0 atom stereocenters. The summed E-state index contributed by atoms with van der Waals surface area (Å²) >= 11 is 1.96. The van der Waals surface area contributed by atoms with Gasteiger partial charge in [-0.25, -0.2) is 9.97 Å². The number of nitrogens with zero attached hydrogens (tertiary/aromatic N) is 2. The quantitative estimate of drug-likeness (QED) is 0.840. The molecule has 1 aliphatic carbocycles. The van der Waals surface area contributed by atoms with Gasteiger partial charge in [0.15, 0.2) is 0 Å². The van der Waals surface area contributed by atoms with E-state index in [1.54, 1.807) is 0 Å². The molecule has 1 N–H and O–H groups in total. The van der Waals surface area contributed by atoms with Crippen molar-refractivity contribution in [3.05, 3.63) is 22.8 Å². The largest absolute Gasteiger partial charge is 0.312 e. The number of hydrogen-bond donors (Lipinski definition) is 1. The third-order valence-electron chi connectivity index (χ3n) is 4.08. The van der Waals surface area contributed by atoms with Crippen LogP contribution in [0, 0.1) is 0 Å². The summed E-state index contributed by atoms with van der Waals surface area (Å²) in [6, 6.07) is 0. The Bertz CT molecular complexity index is 443. The van der Waals surface area contributed by atoms with Crippen molar-refractivity contribution in [2.75, 3.05) is 12.3 Å². The molecule has 1 saturated carbocycles. The van der Waals surface area contributed by atoms with Crippen molar-refractivity contribution in [2.45, 2.75) is 57.2 Å². The van der Waals surface area contributed by atoms with Crippen LogP contribution in [-0.4, -0.2) is 22.3 Å². The van der Waals surface area contributed by atoms with Crippen LogP contribution in [0.25, 0.3) is 0 Å². The second-order valence-corrected chi connectivity index (χ2v) is 6.66. The number of nitrogens with one attached hydrogen (secondary N) is 1. The van der Waals surface area contributed by atoms with E-state index in [1.165, 1.54) is 48.4 Å². The van der Waals surface area contributed by atoms with Gasteiger partial charge in [0.2, 0.25) is 0 Å². The molecule has 3 nitrogen and oxygen atoms in total. The lowest BCUT2D eigenvalue weighted by molar-refractivity contribution is 0.403. The van der Waals surface area contributed by atoms with Gasteiger partial charge in [-0.15, -0.1) is 0 Å². The van der Waals surface area contributed by atoms with E-state index in [4.69, 9.17) is 9.97 Å². The lowest BCUT2D eigenvalue weighted by Crippen LogP contribution is -2.29. The number of hydrogen-bond acceptors (Lipinski definition) is 4. The van der Waals surface area contributed by atoms with Gasteiger partial charge in [-0.1, -0.05) is 13.3 Å². The number of fused-ring (bicyclic) bond motifs is 1. The molecule has 0 bridgehead atoms. The van der Waals surface area contributed by atoms with Crippen molar-refractivity contribution in [1.29, 1.82) is 0 Å². The zero-order chi connectivity index (χ0) is 13.1. The topological polar surface area (TPSA) is 37.8 Å². The Hall–Kier alpha value is -0.610. The van der Waals surface area contributed by atoms with Gasteiger partial charge >= 0.3 is 0 Å². The fourth-order valence-electron chi connectivity index (χ4n) is 2.81. The Kier molecular flexibility index (Phi) is 4.38. The van der Waals surface area contributed by atoms with E-state index in [-0.39, 0.29) is 0 Å². The summed E-state index contributed by atoms with van der Waals surface area (Å²) in [6.07, 6.45) is 6.32. The molecule has 0 unspecified atom stereocenters. The molecule has 1 aliphatic heterocycles. The van der Waals surface area contributed by atoms with Gasteiger partial charge < -0.3 is 5.32 Å². The highest BCUT2D eigenvalue weighted by Gasteiger charge is 2.27. The normalized spacial score (nSPS) is 19.0. The van der Waals surface area contributed by atoms with Crippen LogP contribution in [0.5, 0.6) is 0 Å². The van der Waals surface area contributed by atoms with Crippen LogP contribution in [0.2, 0.25) is 0 Å². The number of aromatic nitrogens is 2. The van der Waals surface area contributed by atoms with Crippen LogP contribution >= 0.6 is 11.8 Å². The molecule has 3 rings (SSSR count). The van der Waals surface area contributed by atoms with E-state index in [2.05, 4.69) is 12.2 Å². The van der Waals surface area contributed by atoms with Crippen molar-refractivity contribution in [2.24, 2.45) is 0 Å². The molecule has 2 aliphatic rings. The third-order valence-corrected chi connectivity index (χ3v) is 5.24. The van der Waals surface area contributed by atoms with Gasteiger partial charge in [0.1, 0.15) is 5.82 Å². The summed E-state index contributed by atoms with van der Waals surface area (Å²) in [5, 5.41) is 3.47. The Morgan fingerprint density at radius 3 is 2.95 bits per heavy atom. The van der Waals surface area contributed by atoms with E-state index in [1.807, 2.05) is 11.8 Å². The highest BCUT2D eigenvalue weighted by atomic mass is 32.2. The monoisotopic (exact) mass is 277 g/mol. The maximum absolute atomic E-state index is 4.91. The first-order valence-electron chi connectivity index (χ1n) is 7.55. The first-order valence-corrected chi connectivity index (χ1v) is 8.71. The zero-order valence-corrected chi connectivity index (χ0v) is 12.6.